The van der Waals surface area contributed by atoms with Crippen LogP contribution in [-0.2, 0) is 11.0 Å². The standard InChI is InChI=1S/C11H10F6N2OS2/c1-2-20-18-5-7-8(11(15,16)17)19-10(22-7)21-4-3-6(12)9(13)14/h5H,2-4H2,1H3. The Balaban J connectivity index is 2.82. The van der Waals surface area contributed by atoms with Gasteiger partial charge in [0.1, 0.15) is 6.61 Å². The van der Waals surface area contributed by atoms with Crippen LogP contribution in [0.5, 0.6) is 0 Å². The van der Waals surface area contributed by atoms with E-state index in [1.165, 1.54) is 0 Å². The average molecular weight is 364 g/mol. The Hall–Kier alpha value is -1.23. The summed E-state index contributed by atoms with van der Waals surface area (Å²) >= 11 is 1.43. The van der Waals surface area contributed by atoms with Crippen molar-refractivity contribution in [1.29, 1.82) is 0 Å². The van der Waals surface area contributed by atoms with Crippen LogP contribution in [0.25, 0.3) is 0 Å². The number of nitrogens with zero attached hydrogens (tertiary/aromatic N) is 2. The number of thioether (sulfide) groups is 1. The van der Waals surface area contributed by atoms with Crippen molar-refractivity contribution in [3.05, 3.63) is 22.5 Å². The Bertz CT molecular complexity index is 551. The monoisotopic (exact) mass is 364 g/mol. The lowest BCUT2D eigenvalue weighted by molar-refractivity contribution is -0.141. The molecular weight excluding hydrogens is 354 g/mol. The Morgan fingerprint density at radius 2 is 2.05 bits per heavy atom. The summed E-state index contributed by atoms with van der Waals surface area (Å²) in [5, 5.41) is 3.35. The van der Waals surface area contributed by atoms with Crippen LogP contribution in [0.4, 0.5) is 26.3 Å². The molecule has 0 unspecified atom stereocenters. The van der Waals surface area contributed by atoms with Gasteiger partial charge in [-0.15, -0.1) is 11.3 Å². The van der Waals surface area contributed by atoms with Gasteiger partial charge in [0.25, 0.3) is 0 Å². The van der Waals surface area contributed by atoms with Crippen molar-refractivity contribution < 1.29 is 31.2 Å². The fourth-order valence-corrected chi connectivity index (χ4v) is 3.19. The first kappa shape index (κ1) is 18.8. The highest BCUT2D eigenvalue weighted by Gasteiger charge is 2.37. The lowest BCUT2D eigenvalue weighted by Crippen LogP contribution is -2.08. The molecule has 0 amide bonds. The minimum Gasteiger partial charge on any atom is -0.396 e. The number of halogens is 6. The van der Waals surface area contributed by atoms with Crippen molar-refractivity contribution in [3.63, 3.8) is 0 Å². The molecule has 0 spiro atoms. The topological polar surface area (TPSA) is 34.5 Å². The smallest absolute Gasteiger partial charge is 0.396 e. The van der Waals surface area contributed by atoms with E-state index in [1.807, 2.05) is 0 Å². The minimum atomic E-state index is -4.68. The number of rotatable bonds is 7. The molecule has 3 nitrogen and oxygen atoms in total. The van der Waals surface area contributed by atoms with Gasteiger partial charge in [-0.1, -0.05) is 16.9 Å². The van der Waals surface area contributed by atoms with Crippen LogP contribution in [0.3, 0.4) is 0 Å². The van der Waals surface area contributed by atoms with Gasteiger partial charge in [0.15, 0.2) is 15.9 Å². The van der Waals surface area contributed by atoms with Crippen molar-refractivity contribution >= 4 is 29.3 Å². The number of hydrogen-bond donors (Lipinski definition) is 0. The molecule has 0 saturated heterocycles. The average Bonchev–Trinajstić information content (AvgIpc) is 2.82. The maximum absolute atomic E-state index is 12.8. The van der Waals surface area contributed by atoms with Gasteiger partial charge in [0.2, 0.25) is 0 Å². The summed E-state index contributed by atoms with van der Waals surface area (Å²) in [5.74, 6) is -1.74. The molecule has 0 aromatic carbocycles. The molecule has 0 atom stereocenters. The molecule has 0 fully saturated rings. The third-order valence-corrected chi connectivity index (χ3v) is 4.16. The van der Waals surface area contributed by atoms with E-state index in [4.69, 9.17) is 0 Å². The number of allylic oxidation sites excluding steroid dienone is 1. The van der Waals surface area contributed by atoms with Crippen molar-refractivity contribution in [1.82, 2.24) is 4.98 Å². The molecule has 1 aromatic rings. The van der Waals surface area contributed by atoms with Crippen molar-refractivity contribution in [2.45, 2.75) is 23.9 Å². The molecule has 0 N–H and O–H groups in total. The zero-order valence-electron chi connectivity index (χ0n) is 11.1. The summed E-state index contributed by atoms with van der Waals surface area (Å²) in [4.78, 5) is 7.71. The van der Waals surface area contributed by atoms with E-state index in [1.54, 1.807) is 6.92 Å². The molecule has 0 bridgehead atoms. The Morgan fingerprint density at radius 1 is 1.36 bits per heavy atom. The Labute approximate surface area is 130 Å². The Morgan fingerprint density at radius 3 is 2.59 bits per heavy atom. The van der Waals surface area contributed by atoms with Gasteiger partial charge in [0, 0.05) is 12.2 Å². The number of oxime groups is 1. The summed E-state index contributed by atoms with van der Waals surface area (Å²) in [6.45, 7) is 1.81. The molecule has 0 aliphatic rings. The molecule has 22 heavy (non-hydrogen) atoms. The number of thiazole rings is 1. The molecule has 11 heteroatoms. The zero-order valence-corrected chi connectivity index (χ0v) is 12.7. The summed E-state index contributed by atoms with van der Waals surface area (Å²) < 4.78 is 74.7. The minimum absolute atomic E-state index is 0.0164. The van der Waals surface area contributed by atoms with Gasteiger partial charge in [-0.05, 0) is 6.92 Å². The first-order valence-corrected chi connectivity index (χ1v) is 7.61. The second-order valence-electron chi connectivity index (χ2n) is 3.61. The van der Waals surface area contributed by atoms with Crippen LogP contribution >= 0.6 is 23.1 Å². The highest BCUT2D eigenvalue weighted by molar-refractivity contribution is 8.01. The lowest BCUT2D eigenvalue weighted by Gasteiger charge is -2.02. The second kappa shape index (κ2) is 8.42. The SMILES string of the molecule is CCON=Cc1sc(SCCC(F)=C(F)F)nc1C(F)(F)F. The predicted octanol–water partition coefficient (Wildman–Crippen LogP) is 5.09. The first-order valence-electron chi connectivity index (χ1n) is 5.81. The van der Waals surface area contributed by atoms with Gasteiger partial charge in [-0.3, -0.25) is 0 Å². The predicted molar refractivity (Wildman–Crippen MR) is 72.0 cm³/mol. The molecule has 0 aliphatic heterocycles. The molecule has 0 radical (unpaired) electrons. The van der Waals surface area contributed by atoms with E-state index in [-0.39, 0.29) is 21.6 Å². The van der Waals surface area contributed by atoms with E-state index < -0.39 is 30.2 Å². The highest BCUT2D eigenvalue weighted by Crippen LogP contribution is 2.37. The zero-order chi connectivity index (χ0) is 16.8. The maximum atomic E-state index is 12.8. The fourth-order valence-electron chi connectivity index (χ4n) is 1.15. The van der Waals surface area contributed by atoms with E-state index in [2.05, 4.69) is 15.0 Å². The van der Waals surface area contributed by atoms with Crippen LogP contribution in [0.1, 0.15) is 23.9 Å². The summed E-state index contributed by atoms with van der Waals surface area (Å²) in [5.41, 5.74) is -1.14. The van der Waals surface area contributed by atoms with Gasteiger partial charge >= 0.3 is 12.3 Å². The van der Waals surface area contributed by atoms with Crippen LogP contribution in [0.15, 0.2) is 21.4 Å². The molecule has 1 rings (SSSR count). The van der Waals surface area contributed by atoms with Crippen molar-refractivity contribution in [3.8, 4) is 0 Å². The van der Waals surface area contributed by atoms with Crippen LogP contribution in [0.2, 0.25) is 0 Å². The van der Waals surface area contributed by atoms with Gasteiger partial charge in [-0.2, -0.15) is 22.0 Å². The van der Waals surface area contributed by atoms with Gasteiger partial charge in [-0.25, -0.2) is 9.37 Å². The molecule has 0 saturated carbocycles. The van der Waals surface area contributed by atoms with Crippen LogP contribution < -0.4 is 0 Å². The first-order chi connectivity index (χ1) is 10.3. The third kappa shape index (κ3) is 5.87. The van der Waals surface area contributed by atoms with E-state index in [0.717, 1.165) is 18.0 Å². The molecular formula is C11H10F6N2OS2. The summed E-state index contributed by atoms with van der Waals surface area (Å²) in [6, 6.07) is 0. The van der Waals surface area contributed by atoms with E-state index in [9.17, 15) is 26.3 Å². The molecule has 1 aromatic heterocycles. The van der Waals surface area contributed by atoms with Crippen LogP contribution in [0, 0.1) is 0 Å². The number of aromatic nitrogens is 1. The second-order valence-corrected chi connectivity index (χ2v) is 5.98. The lowest BCUT2D eigenvalue weighted by atomic mass is 10.4. The van der Waals surface area contributed by atoms with E-state index >= 15 is 0 Å². The summed E-state index contributed by atoms with van der Waals surface area (Å²) in [6.07, 6.45) is -6.81. The fraction of sp³-hybridized carbons (Fsp3) is 0.455. The maximum Gasteiger partial charge on any atom is 0.434 e. The number of hydrogen-bond acceptors (Lipinski definition) is 5. The normalized spacial score (nSPS) is 12.0. The summed E-state index contributed by atoms with van der Waals surface area (Å²) in [7, 11) is 0. The highest BCUT2D eigenvalue weighted by atomic mass is 32.2. The van der Waals surface area contributed by atoms with Crippen molar-refractivity contribution in [2.24, 2.45) is 5.16 Å². The molecule has 0 aliphatic carbocycles. The number of alkyl halides is 3. The van der Waals surface area contributed by atoms with Gasteiger partial charge in [0.05, 0.1) is 11.1 Å². The van der Waals surface area contributed by atoms with E-state index in [0.29, 0.717) is 11.3 Å². The Kier molecular flexibility index (Phi) is 7.20. The molecule has 124 valence electrons. The molecule has 1 heterocycles. The quantitative estimate of drug-likeness (QED) is 0.292. The van der Waals surface area contributed by atoms with Gasteiger partial charge < -0.3 is 4.84 Å². The largest absolute Gasteiger partial charge is 0.434 e. The third-order valence-electron chi connectivity index (χ3n) is 2.03. The van der Waals surface area contributed by atoms with Crippen molar-refractivity contribution in [2.75, 3.05) is 12.4 Å². The van der Waals surface area contributed by atoms with Crippen LogP contribution in [-0.4, -0.2) is 23.6 Å².